The van der Waals surface area contributed by atoms with Crippen LogP contribution in [-0.2, 0) is 27.0 Å². The first-order chi connectivity index (χ1) is 3.00. The molecule has 0 aliphatic rings. The van der Waals surface area contributed by atoms with Gasteiger partial charge < -0.3 is 2.85 Å². The van der Waals surface area contributed by atoms with Gasteiger partial charge in [0.15, 0.2) is 0 Å². The molecule has 2 N–H and O–H groups in total. The summed E-state index contributed by atoms with van der Waals surface area (Å²) in [5, 5.41) is 0. The van der Waals surface area contributed by atoms with E-state index >= 15 is 0 Å². The Bertz CT molecular complexity index is 115. The second-order valence-corrected chi connectivity index (χ2v) is 1.34. The first-order valence-corrected chi connectivity index (χ1v) is 6.60. The number of hydrogen-bond donors (Lipinski definition) is 2. The Morgan fingerprint density at radius 2 is 1.38 bits per heavy atom. The van der Waals surface area contributed by atoms with Gasteiger partial charge >= 0.3 is 86.0 Å². The van der Waals surface area contributed by atoms with Crippen LogP contribution in [0.15, 0.2) is 0 Å². The Balaban J connectivity index is -0.0000000154. The van der Waals surface area contributed by atoms with Gasteiger partial charge in [0, 0.05) is 0 Å². The Hall–Kier alpha value is 2.28. The van der Waals surface area contributed by atoms with Gasteiger partial charge in [-0.15, -0.1) is 0 Å². The summed E-state index contributed by atoms with van der Waals surface area (Å²) in [6.45, 7) is 0. The van der Waals surface area contributed by atoms with Crippen molar-refractivity contribution in [3.05, 3.63) is 0 Å². The van der Waals surface area contributed by atoms with Crippen LogP contribution in [0, 0.1) is 0 Å². The molecule has 0 heterocycles. The van der Waals surface area contributed by atoms with Gasteiger partial charge in [0.2, 0.25) is 0 Å². The summed E-state index contributed by atoms with van der Waals surface area (Å²) >= 11 is 0.958. The van der Waals surface area contributed by atoms with E-state index in [1.807, 2.05) is 0 Å². The third-order valence-electron chi connectivity index (χ3n) is 0. The van der Waals surface area contributed by atoms with Gasteiger partial charge in [0.25, 0.3) is 0 Å². The summed E-state index contributed by atoms with van der Waals surface area (Å²) in [6.07, 6.45) is 0. The molecular formula is H4BaO4S2Zn. The molecule has 0 unspecified atom stereocenters. The van der Waals surface area contributed by atoms with Crippen molar-refractivity contribution < 1.29 is 36.9 Å². The maximum atomic E-state index is 8.74. The van der Waals surface area contributed by atoms with Gasteiger partial charge in [-0.3, -0.25) is 9.11 Å². The fourth-order valence-corrected chi connectivity index (χ4v) is 0. The SMILES string of the molecule is O=S(=O)(O)O.[Ba+2].[H-].[H-].[S]=[Zn]. The Kier molecular flexibility index (Phi) is 19.4. The topological polar surface area (TPSA) is 74.6 Å². The zero-order chi connectivity index (χ0) is 6.50. The monoisotopic (exact) mass is 334 g/mol. The first-order valence-electron chi connectivity index (χ1n) is 0.987. The van der Waals surface area contributed by atoms with E-state index in [-0.39, 0.29) is 51.7 Å². The molecule has 0 aromatic rings. The minimum atomic E-state index is -4.67. The molecule has 0 saturated carbocycles. The standard InChI is InChI=1S/Ba.H2O4S.S.Zn.2H/c;1-5(2,3)4;;;;/h;(H2,1,2,3,4);;;;/q+2;;;;2*-1. The van der Waals surface area contributed by atoms with Crippen molar-refractivity contribution >= 4 is 69.4 Å². The van der Waals surface area contributed by atoms with E-state index in [9.17, 15) is 0 Å². The molecule has 0 radical (unpaired) electrons. The second-order valence-electron chi connectivity index (χ2n) is 0.448. The molecule has 0 aromatic heterocycles. The van der Waals surface area contributed by atoms with E-state index in [1.54, 1.807) is 0 Å². The van der Waals surface area contributed by atoms with Gasteiger partial charge in [0.05, 0.1) is 0 Å². The van der Waals surface area contributed by atoms with Crippen molar-refractivity contribution in [1.82, 2.24) is 0 Å². The summed E-state index contributed by atoms with van der Waals surface area (Å²) in [5.41, 5.74) is 0. The van der Waals surface area contributed by atoms with E-state index in [0.717, 1.165) is 16.6 Å². The number of rotatable bonds is 0. The van der Waals surface area contributed by atoms with Crippen molar-refractivity contribution in [3.63, 3.8) is 0 Å². The summed E-state index contributed by atoms with van der Waals surface area (Å²) in [4.78, 5) is 0. The Labute approximate surface area is 104 Å². The molecule has 0 aliphatic carbocycles. The third kappa shape index (κ3) is 84.2. The van der Waals surface area contributed by atoms with Crippen LogP contribution in [0.3, 0.4) is 0 Å². The van der Waals surface area contributed by atoms with Crippen LogP contribution in [0.5, 0.6) is 0 Å². The van der Waals surface area contributed by atoms with Crippen LogP contribution in [0.25, 0.3) is 0 Å². The van der Waals surface area contributed by atoms with Gasteiger partial charge in [0.1, 0.15) is 0 Å². The molecule has 0 aliphatic heterocycles. The molecule has 0 spiro atoms. The summed E-state index contributed by atoms with van der Waals surface area (Å²) in [6, 6.07) is 0. The van der Waals surface area contributed by atoms with Crippen LogP contribution >= 0.6 is 10.1 Å². The van der Waals surface area contributed by atoms with E-state index < -0.39 is 10.4 Å². The van der Waals surface area contributed by atoms with E-state index in [4.69, 9.17) is 17.5 Å². The van der Waals surface area contributed by atoms with E-state index in [0.29, 0.717) is 0 Å². The number of hydrogen-bond acceptors (Lipinski definition) is 3. The average Bonchev–Trinajstić information content (AvgIpc) is 1.36. The molecule has 0 bridgehead atoms. The molecule has 0 atom stereocenters. The quantitative estimate of drug-likeness (QED) is 0.475. The predicted molar refractivity (Wildman–Crippen MR) is 29.7 cm³/mol. The Morgan fingerprint density at radius 3 is 1.38 bits per heavy atom. The average molecular weight is 335 g/mol. The summed E-state index contributed by atoms with van der Waals surface area (Å²) < 4.78 is 31.6. The predicted octanol–water partition coefficient (Wildman–Crippen LogP) is -0.163. The third-order valence-corrected chi connectivity index (χ3v) is 0. The maximum absolute atomic E-state index is 8.74. The summed E-state index contributed by atoms with van der Waals surface area (Å²) in [7, 11) is -0.458. The molecule has 0 amide bonds. The molecule has 0 saturated heterocycles. The van der Waals surface area contributed by atoms with Crippen molar-refractivity contribution in [2.75, 3.05) is 0 Å². The fraction of sp³-hybridized carbons (Fsp3) is 0. The second kappa shape index (κ2) is 9.28. The van der Waals surface area contributed by atoms with Gasteiger partial charge in [-0.2, -0.15) is 8.42 Å². The molecule has 0 rings (SSSR count). The minimum absolute atomic E-state index is 0. The molecule has 0 aromatic carbocycles. The zero-order valence-corrected chi connectivity index (χ0v) is 13.0. The van der Waals surface area contributed by atoms with Crippen LogP contribution in [0.2, 0.25) is 0 Å². The molecule has 8 heteroatoms. The fourth-order valence-electron chi connectivity index (χ4n) is 0. The molecule has 44 valence electrons. The van der Waals surface area contributed by atoms with Gasteiger partial charge in [-0.25, -0.2) is 0 Å². The van der Waals surface area contributed by atoms with Crippen molar-refractivity contribution in [2.45, 2.75) is 0 Å². The van der Waals surface area contributed by atoms with Gasteiger partial charge in [-0.1, -0.05) is 0 Å². The van der Waals surface area contributed by atoms with Crippen LogP contribution in [0.1, 0.15) is 2.85 Å². The normalized spacial score (nSPS) is 8.00. The molecular weight excluding hydrogens is 331 g/mol. The molecule has 8 heavy (non-hydrogen) atoms. The van der Waals surface area contributed by atoms with Gasteiger partial charge in [-0.05, 0) is 0 Å². The van der Waals surface area contributed by atoms with Crippen molar-refractivity contribution in [2.24, 2.45) is 0 Å². The van der Waals surface area contributed by atoms with Crippen molar-refractivity contribution in [1.29, 1.82) is 0 Å². The van der Waals surface area contributed by atoms with Crippen LogP contribution in [-0.4, -0.2) is 66.4 Å². The molecule has 0 fully saturated rings. The molecule has 4 nitrogen and oxygen atoms in total. The van der Waals surface area contributed by atoms with E-state index in [1.165, 1.54) is 0 Å². The van der Waals surface area contributed by atoms with Crippen molar-refractivity contribution in [3.8, 4) is 0 Å². The Morgan fingerprint density at radius 1 is 1.38 bits per heavy atom. The van der Waals surface area contributed by atoms with Crippen LogP contribution < -0.4 is 0 Å². The first kappa shape index (κ1) is 16.7. The van der Waals surface area contributed by atoms with E-state index in [2.05, 4.69) is 10.1 Å². The zero-order valence-electron chi connectivity index (χ0n) is 5.94. The summed E-state index contributed by atoms with van der Waals surface area (Å²) in [5.74, 6) is 0. The van der Waals surface area contributed by atoms with Crippen LogP contribution in [0.4, 0.5) is 0 Å².